The molecule has 1 fully saturated rings. The number of thioether (sulfide) groups is 1. The Morgan fingerprint density at radius 1 is 1.24 bits per heavy atom. The van der Waals surface area contributed by atoms with Gasteiger partial charge in [-0.2, -0.15) is 26.2 Å². The number of nitrogen functional groups attached to an aromatic ring is 1. The van der Waals surface area contributed by atoms with Crippen LogP contribution in [0.15, 0.2) is 30.6 Å². The molecule has 11 heteroatoms. The molecule has 0 aromatic carbocycles. The van der Waals surface area contributed by atoms with E-state index < -0.39 is 5.95 Å². The van der Waals surface area contributed by atoms with E-state index in [1.165, 1.54) is 13.2 Å². The number of hydrogen-bond acceptors (Lipinski definition) is 9. The highest BCUT2D eigenvalue weighted by Crippen LogP contribution is 2.49. The van der Waals surface area contributed by atoms with Crippen LogP contribution in [-0.4, -0.2) is 55.5 Å². The number of aromatic nitrogens is 5. The molecule has 33 heavy (non-hydrogen) atoms. The van der Waals surface area contributed by atoms with Crippen molar-refractivity contribution in [1.29, 1.82) is 0 Å². The van der Waals surface area contributed by atoms with E-state index in [9.17, 15) is 4.39 Å². The van der Waals surface area contributed by atoms with Gasteiger partial charge in [0.25, 0.3) is 0 Å². The number of anilines is 5. The molecule has 1 unspecified atom stereocenters. The van der Waals surface area contributed by atoms with Gasteiger partial charge in [-0.15, -0.1) is 0 Å². The molecule has 0 amide bonds. The molecule has 176 valence electrons. The van der Waals surface area contributed by atoms with Crippen LogP contribution < -0.4 is 16.0 Å². The van der Waals surface area contributed by atoms with Crippen LogP contribution in [0.25, 0.3) is 0 Å². The number of rotatable bonds is 3. The van der Waals surface area contributed by atoms with E-state index in [2.05, 4.69) is 39.1 Å². The number of fused-ring (bicyclic) bond motifs is 3. The van der Waals surface area contributed by atoms with Crippen LogP contribution in [-0.2, 0) is 11.8 Å². The zero-order valence-electron chi connectivity index (χ0n) is 19.4. The molecule has 5 heterocycles. The summed E-state index contributed by atoms with van der Waals surface area (Å²) in [6, 6.07) is 5.66. The number of nitrogens with one attached hydrogen (secondary N) is 1. The van der Waals surface area contributed by atoms with Crippen LogP contribution in [0.1, 0.15) is 31.7 Å². The third kappa shape index (κ3) is 4.60. The second kappa shape index (κ2) is 9.14. The second-order valence-corrected chi connectivity index (χ2v) is 9.53. The van der Waals surface area contributed by atoms with Crippen molar-refractivity contribution in [3.8, 4) is 0 Å². The Labute approximate surface area is 197 Å². The smallest absolute Gasteiger partial charge is 0.235 e. The van der Waals surface area contributed by atoms with Crippen molar-refractivity contribution in [2.24, 2.45) is 7.05 Å². The molecule has 1 saturated heterocycles. The van der Waals surface area contributed by atoms with Crippen LogP contribution in [0.5, 0.6) is 0 Å². The molecular formula is C22H29FN8OS. The van der Waals surface area contributed by atoms with Crippen molar-refractivity contribution in [3.05, 3.63) is 42.1 Å². The van der Waals surface area contributed by atoms with Crippen molar-refractivity contribution >= 4 is 40.9 Å². The minimum absolute atomic E-state index is 0.109. The first kappa shape index (κ1) is 23.2. The topological polar surface area (TPSA) is 107 Å². The molecule has 0 bridgehead atoms. The summed E-state index contributed by atoms with van der Waals surface area (Å²) in [4.78, 5) is 15.8. The van der Waals surface area contributed by atoms with E-state index in [0.29, 0.717) is 12.4 Å². The Balaban J connectivity index is 0.000000821. The summed E-state index contributed by atoms with van der Waals surface area (Å²) in [7, 11) is 1.53. The fraction of sp³-hybridized carbons (Fsp3) is 0.455. The van der Waals surface area contributed by atoms with E-state index >= 15 is 0 Å². The lowest BCUT2D eigenvalue weighted by atomic mass is 9.85. The molecule has 2 atom stereocenters. The van der Waals surface area contributed by atoms with Gasteiger partial charge in [0.1, 0.15) is 23.1 Å². The first-order valence-electron chi connectivity index (χ1n) is 10.6. The summed E-state index contributed by atoms with van der Waals surface area (Å²) in [6.45, 7) is 4.73. The van der Waals surface area contributed by atoms with Crippen molar-refractivity contribution < 1.29 is 9.13 Å². The number of hydrogen-bond donors (Lipinski definition) is 2. The summed E-state index contributed by atoms with van der Waals surface area (Å²) in [5.74, 6) is 1.80. The fourth-order valence-electron chi connectivity index (χ4n) is 4.23. The molecule has 2 aliphatic rings. The minimum atomic E-state index is -0.489. The zero-order chi connectivity index (χ0) is 23.8. The fourth-order valence-corrected chi connectivity index (χ4v) is 4.23. The molecular weight excluding hydrogens is 443 g/mol. The van der Waals surface area contributed by atoms with Crippen molar-refractivity contribution in [2.75, 3.05) is 35.1 Å². The maximum absolute atomic E-state index is 14.2. The monoisotopic (exact) mass is 472 g/mol. The first-order chi connectivity index (χ1) is 15.7. The van der Waals surface area contributed by atoms with Gasteiger partial charge in [0.05, 0.1) is 18.4 Å². The van der Waals surface area contributed by atoms with Gasteiger partial charge in [0.15, 0.2) is 0 Å². The lowest BCUT2D eigenvalue weighted by Gasteiger charge is -2.40. The predicted octanol–water partition coefficient (Wildman–Crippen LogP) is 3.85. The normalized spacial score (nSPS) is 20.5. The highest BCUT2D eigenvalue weighted by molar-refractivity contribution is 7.97. The highest BCUT2D eigenvalue weighted by atomic mass is 32.2. The predicted molar refractivity (Wildman–Crippen MR) is 130 cm³/mol. The maximum atomic E-state index is 14.2. The molecule has 9 nitrogen and oxygen atoms in total. The van der Waals surface area contributed by atoms with Crippen LogP contribution in [0.2, 0.25) is 0 Å². The van der Waals surface area contributed by atoms with Crippen LogP contribution in [0.4, 0.5) is 33.5 Å². The molecule has 0 radical (unpaired) electrons. The molecule has 3 N–H and O–H groups in total. The van der Waals surface area contributed by atoms with E-state index in [1.54, 1.807) is 24.0 Å². The van der Waals surface area contributed by atoms with Crippen molar-refractivity contribution in [1.82, 2.24) is 24.7 Å². The molecule has 0 saturated carbocycles. The lowest BCUT2D eigenvalue weighted by molar-refractivity contribution is -0.0657. The standard InChI is InChI=1S/C20H23FN8O.C2H6S/c1-20(2)7-14-12(10-30-20)11-8-23-19(25-13-9-24-28(3)17(13)21)27-18(11)29(14)16-6-4-5-15(22)26-16;1-3-2/h4-6,8-9,12,14H,7,10H2,1-3H3,(H2,22,26)(H,23,25,27);1-2H3/t12?,14-;/m1./s1. The Hall–Kier alpha value is -2.92. The number of aryl methyl sites for hydroxylation is 1. The van der Waals surface area contributed by atoms with E-state index in [1.807, 2.05) is 24.6 Å². The zero-order valence-corrected chi connectivity index (χ0v) is 20.2. The average molecular weight is 473 g/mol. The number of halogens is 1. The van der Waals surface area contributed by atoms with Gasteiger partial charge in [0.2, 0.25) is 11.9 Å². The van der Waals surface area contributed by atoms with Crippen molar-refractivity contribution in [2.45, 2.75) is 37.8 Å². The SMILES string of the molecule is CSC.Cn1ncc(Nc2ncc3c(n2)N(c2cccc(N)n2)[C@@H]2CC(C)(C)OCC32)c1F. The van der Waals surface area contributed by atoms with Gasteiger partial charge in [-0.05, 0) is 44.9 Å². The quantitative estimate of drug-likeness (QED) is 0.588. The molecule has 3 aromatic rings. The van der Waals surface area contributed by atoms with Gasteiger partial charge in [-0.25, -0.2) is 14.6 Å². The van der Waals surface area contributed by atoms with E-state index in [4.69, 9.17) is 15.5 Å². The Kier molecular flexibility index (Phi) is 6.44. The summed E-state index contributed by atoms with van der Waals surface area (Å²) in [6.07, 6.45) is 8.06. The van der Waals surface area contributed by atoms with Crippen LogP contribution in [0.3, 0.4) is 0 Å². The molecule has 3 aromatic heterocycles. The van der Waals surface area contributed by atoms with Gasteiger partial charge in [-0.3, -0.25) is 0 Å². The van der Waals surface area contributed by atoms with Crippen LogP contribution in [0, 0.1) is 5.95 Å². The Bertz CT molecular complexity index is 1140. The number of nitrogens with zero attached hydrogens (tertiary/aromatic N) is 6. The molecule has 5 rings (SSSR count). The third-order valence-corrected chi connectivity index (χ3v) is 5.69. The first-order valence-corrected chi connectivity index (χ1v) is 12.2. The summed E-state index contributed by atoms with van der Waals surface area (Å²) in [5, 5.41) is 6.82. The Morgan fingerprint density at radius 2 is 2.00 bits per heavy atom. The maximum Gasteiger partial charge on any atom is 0.235 e. The van der Waals surface area contributed by atoms with Gasteiger partial charge < -0.3 is 20.7 Å². The summed E-state index contributed by atoms with van der Waals surface area (Å²) >= 11 is 1.75. The van der Waals surface area contributed by atoms with Gasteiger partial charge >= 0.3 is 0 Å². The second-order valence-electron chi connectivity index (χ2n) is 8.72. The number of ether oxygens (including phenoxy) is 1. The number of nitrogens with two attached hydrogens (primary N) is 1. The van der Waals surface area contributed by atoms with E-state index in [0.717, 1.165) is 28.3 Å². The molecule has 2 aliphatic heterocycles. The van der Waals surface area contributed by atoms with E-state index in [-0.39, 0.29) is 29.2 Å². The molecule has 0 aliphatic carbocycles. The third-order valence-electron chi connectivity index (χ3n) is 5.69. The average Bonchev–Trinajstić information content (AvgIpc) is 3.24. The molecule has 0 spiro atoms. The van der Waals surface area contributed by atoms with Crippen molar-refractivity contribution in [3.63, 3.8) is 0 Å². The largest absolute Gasteiger partial charge is 0.384 e. The van der Waals surface area contributed by atoms with Gasteiger partial charge in [0, 0.05) is 30.8 Å². The van der Waals surface area contributed by atoms with Gasteiger partial charge in [-0.1, -0.05) is 6.07 Å². The Morgan fingerprint density at radius 3 is 2.67 bits per heavy atom. The van der Waals surface area contributed by atoms with Crippen LogP contribution >= 0.6 is 11.8 Å². The summed E-state index contributed by atoms with van der Waals surface area (Å²) < 4.78 is 21.4. The lowest BCUT2D eigenvalue weighted by Crippen LogP contribution is -2.45. The number of pyridine rings is 1. The highest BCUT2D eigenvalue weighted by Gasteiger charge is 2.47. The summed E-state index contributed by atoms with van der Waals surface area (Å²) in [5.41, 5.74) is 6.89. The minimum Gasteiger partial charge on any atom is -0.384 e.